The second-order valence-electron chi connectivity index (χ2n) is 6.13. The molecule has 2 aromatic carbocycles. The Morgan fingerprint density at radius 3 is 2.66 bits per heavy atom. The van der Waals surface area contributed by atoms with E-state index in [0.717, 1.165) is 15.8 Å². The maximum Gasteiger partial charge on any atom is 0.270 e. The Bertz CT molecular complexity index is 1120. The van der Waals surface area contributed by atoms with E-state index in [1.165, 1.54) is 24.4 Å². The van der Waals surface area contributed by atoms with Crippen LogP contribution in [0.3, 0.4) is 0 Å². The molecule has 0 bridgehead atoms. The predicted octanol–water partition coefficient (Wildman–Crippen LogP) is 2.94. The molecule has 3 rings (SSSR count). The number of hydrogen-bond donors (Lipinski definition) is 2. The van der Waals surface area contributed by atoms with Gasteiger partial charge in [0.15, 0.2) is 0 Å². The number of nitro groups is 1. The molecule has 0 aliphatic rings. The number of amides is 1. The Morgan fingerprint density at radius 2 is 1.97 bits per heavy atom. The van der Waals surface area contributed by atoms with Gasteiger partial charge < -0.3 is 15.2 Å². The summed E-state index contributed by atoms with van der Waals surface area (Å²) in [6.45, 7) is 0.455. The number of carbonyl (C=O) groups is 1. The SMILES string of the molecule is Nc1nnc(CC(=O)N/N=C/c2cc([N+](=O)[O-])ccc2OCCOc2ccc(Br)cc2)s1. The fourth-order valence-electron chi connectivity index (χ4n) is 2.41. The zero-order valence-corrected chi connectivity index (χ0v) is 18.8. The third kappa shape index (κ3) is 6.99. The Kier molecular flexibility index (Phi) is 8.05. The molecule has 166 valence electrons. The van der Waals surface area contributed by atoms with Gasteiger partial charge in [-0.2, -0.15) is 5.10 Å². The lowest BCUT2D eigenvalue weighted by atomic mass is 10.2. The van der Waals surface area contributed by atoms with Crippen molar-refractivity contribution in [2.24, 2.45) is 5.10 Å². The Morgan fingerprint density at radius 1 is 1.22 bits per heavy atom. The number of benzene rings is 2. The van der Waals surface area contributed by atoms with Crippen molar-refractivity contribution in [3.8, 4) is 11.5 Å². The fourth-order valence-corrected chi connectivity index (χ4v) is 3.28. The lowest BCUT2D eigenvalue weighted by Crippen LogP contribution is -2.19. The van der Waals surface area contributed by atoms with E-state index in [-0.39, 0.29) is 30.5 Å². The van der Waals surface area contributed by atoms with Crippen LogP contribution in [0.25, 0.3) is 0 Å². The van der Waals surface area contributed by atoms with Crippen molar-refractivity contribution in [1.29, 1.82) is 0 Å². The van der Waals surface area contributed by atoms with Crippen LogP contribution in [0, 0.1) is 10.1 Å². The number of ether oxygens (including phenoxy) is 2. The maximum atomic E-state index is 12.0. The number of rotatable bonds is 10. The summed E-state index contributed by atoms with van der Waals surface area (Å²) in [5.41, 5.74) is 8.00. The topological polar surface area (TPSA) is 155 Å². The van der Waals surface area contributed by atoms with E-state index in [4.69, 9.17) is 15.2 Å². The minimum atomic E-state index is -0.532. The Balaban J connectivity index is 1.59. The number of aromatic nitrogens is 2. The number of nitrogens with zero attached hydrogens (tertiary/aromatic N) is 4. The monoisotopic (exact) mass is 520 g/mol. The number of nitro benzene ring substituents is 1. The van der Waals surface area contributed by atoms with Crippen LogP contribution in [0.2, 0.25) is 0 Å². The van der Waals surface area contributed by atoms with Gasteiger partial charge in [0.2, 0.25) is 11.0 Å². The van der Waals surface area contributed by atoms with Gasteiger partial charge in [0.1, 0.15) is 29.7 Å². The number of non-ortho nitro benzene ring substituents is 1. The second-order valence-corrected chi connectivity index (χ2v) is 8.14. The van der Waals surface area contributed by atoms with Gasteiger partial charge in [-0.05, 0) is 30.3 Å². The third-order valence-corrected chi connectivity index (χ3v) is 5.10. The first kappa shape index (κ1) is 23.1. The van der Waals surface area contributed by atoms with Crippen LogP contribution in [-0.4, -0.2) is 40.5 Å². The Labute approximate surface area is 194 Å². The summed E-state index contributed by atoms with van der Waals surface area (Å²) in [4.78, 5) is 22.5. The summed E-state index contributed by atoms with van der Waals surface area (Å²) < 4.78 is 12.2. The number of hydrogen-bond acceptors (Lipinski definition) is 10. The van der Waals surface area contributed by atoms with Crippen LogP contribution in [0.4, 0.5) is 10.8 Å². The highest BCUT2D eigenvalue weighted by molar-refractivity contribution is 9.10. The van der Waals surface area contributed by atoms with E-state index in [2.05, 4.69) is 36.7 Å². The van der Waals surface area contributed by atoms with Crippen molar-refractivity contribution < 1.29 is 19.2 Å². The van der Waals surface area contributed by atoms with Gasteiger partial charge in [0.05, 0.1) is 17.6 Å². The van der Waals surface area contributed by atoms with Crippen molar-refractivity contribution in [3.63, 3.8) is 0 Å². The van der Waals surface area contributed by atoms with E-state index in [1.807, 2.05) is 24.3 Å². The molecular formula is C19H17BrN6O5S. The Hall–Kier alpha value is -3.58. The maximum absolute atomic E-state index is 12.0. The molecule has 0 atom stereocenters. The molecule has 3 N–H and O–H groups in total. The van der Waals surface area contributed by atoms with Crippen molar-refractivity contribution in [1.82, 2.24) is 15.6 Å². The van der Waals surface area contributed by atoms with Crippen molar-refractivity contribution in [2.75, 3.05) is 18.9 Å². The molecule has 0 unspecified atom stereocenters. The molecule has 0 aliphatic carbocycles. The van der Waals surface area contributed by atoms with Crippen LogP contribution in [0.15, 0.2) is 52.0 Å². The van der Waals surface area contributed by atoms with Gasteiger partial charge in [0.25, 0.3) is 5.69 Å². The second kappa shape index (κ2) is 11.2. The normalized spacial score (nSPS) is 10.8. The summed E-state index contributed by atoms with van der Waals surface area (Å²) >= 11 is 4.45. The third-order valence-electron chi connectivity index (χ3n) is 3.81. The van der Waals surface area contributed by atoms with Crippen molar-refractivity contribution in [3.05, 3.63) is 67.6 Å². The molecule has 3 aromatic rings. The molecule has 13 heteroatoms. The van der Waals surface area contributed by atoms with Gasteiger partial charge >= 0.3 is 0 Å². The largest absolute Gasteiger partial charge is 0.490 e. The molecular weight excluding hydrogens is 504 g/mol. The van der Waals surface area contributed by atoms with Gasteiger partial charge in [0, 0.05) is 22.2 Å². The number of halogens is 1. The van der Waals surface area contributed by atoms with E-state index in [9.17, 15) is 14.9 Å². The molecule has 32 heavy (non-hydrogen) atoms. The first-order valence-corrected chi connectivity index (χ1v) is 10.7. The number of anilines is 1. The van der Waals surface area contributed by atoms with Gasteiger partial charge in [-0.3, -0.25) is 14.9 Å². The number of carbonyl (C=O) groups excluding carboxylic acids is 1. The van der Waals surface area contributed by atoms with Crippen molar-refractivity contribution in [2.45, 2.75) is 6.42 Å². The van der Waals surface area contributed by atoms with Gasteiger partial charge in [-0.1, -0.05) is 27.3 Å². The van der Waals surface area contributed by atoms with E-state index >= 15 is 0 Å². The summed E-state index contributed by atoms with van der Waals surface area (Å²) in [7, 11) is 0. The van der Waals surface area contributed by atoms with Crippen LogP contribution in [0.1, 0.15) is 10.6 Å². The van der Waals surface area contributed by atoms with Gasteiger partial charge in [-0.25, -0.2) is 5.43 Å². The summed E-state index contributed by atoms with van der Waals surface area (Å²) in [5, 5.41) is 23.0. The first-order valence-electron chi connectivity index (χ1n) is 9.10. The van der Waals surface area contributed by atoms with Crippen LogP contribution >= 0.6 is 27.3 Å². The van der Waals surface area contributed by atoms with Crippen LogP contribution < -0.4 is 20.6 Å². The lowest BCUT2D eigenvalue weighted by molar-refractivity contribution is -0.384. The molecule has 0 aliphatic heterocycles. The summed E-state index contributed by atoms with van der Waals surface area (Å²) in [5.74, 6) is 0.597. The lowest BCUT2D eigenvalue weighted by Gasteiger charge is -2.10. The average molecular weight is 521 g/mol. The molecule has 1 aromatic heterocycles. The molecule has 11 nitrogen and oxygen atoms in total. The predicted molar refractivity (Wildman–Crippen MR) is 122 cm³/mol. The van der Waals surface area contributed by atoms with Crippen molar-refractivity contribution >= 4 is 50.2 Å². The highest BCUT2D eigenvalue weighted by Gasteiger charge is 2.12. The zero-order valence-electron chi connectivity index (χ0n) is 16.4. The number of nitrogen functional groups attached to an aromatic ring is 1. The number of nitrogens with two attached hydrogens (primary N) is 1. The van der Waals surface area contributed by atoms with Crippen LogP contribution in [-0.2, 0) is 11.2 Å². The van der Waals surface area contributed by atoms with Crippen LogP contribution in [0.5, 0.6) is 11.5 Å². The molecule has 1 heterocycles. The van der Waals surface area contributed by atoms with E-state index in [0.29, 0.717) is 22.1 Å². The average Bonchev–Trinajstić information content (AvgIpc) is 3.17. The quantitative estimate of drug-likeness (QED) is 0.179. The minimum Gasteiger partial charge on any atom is -0.490 e. The summed E-state index contributed by atoms with van der Waals surface area (Å²) in [6, 6.07) is 11.4. The highest BCUT2D eigenvalue weighted by Crippen LogP contribution is 2.23. The standard InChI is InChI=1S/C19H17BrN6O5S/c20-13-1-4-15(5-2-13)30-7-8-31-16-6-3-14(26(28)29)9-12(16)11-22-23-17(27)10-18-24-25-19(21)32-18/h1-6,9,11H,7-8,10H2,(H2,21,25)(H,23,27)/b22-11+. The summed E-state index contributed by atoms with van der Waals surface area (Å²) in [6.07, 6.45) is 1.22. The first-order chi connectivity index (χ1) is 15.4. The highest BCUT2D eigenvalue weighted by atomic mass is 79.9. The fraction of sp³-hybridized carbons (Fsp3) is 0.158. The molecule has 1 amide bonds. The van der Waals surface area contributed by atoms with E-state index in [1.54, 1.807) is 0 Å². The number of nitrogens with one attached hydrogen (secondary N) is 1. The zero-order chi connectivity index (χ0) is 22.9. The smallest absolute Gasteiger partial charge is 0.270 e. The van der Waals surface area contributed by atoms with E-state index < -0.39 is 10.8 Å². The molecule has 0 saturated carbocycles. The molecule has 0 saturated heterocycles. The van der Waals surface area contributed by atoms with Gasteiger partial charge in [-0.15, -0.1) is 10.2 Å². The molecule has 0 fully saturated rings. The number of hydrazone groups is 1. The molecule has 0 radical (unpaired) electrons. The minimum absolute atomic E-state index is 0.0438. The molecule has 0 spiro atoms.